The number of ether oxygens (including phenoxy) is 1. The SMILES string of the molecule is CC.COC1=CC=C(c2ccc(=O)[nH]n2)C2=CC(C(F)(F)F)NN12. The Hall–Kier alpha value is -2.55. The van der Waals surface area contributed by atoms with E-state index in [1.165, 1.54) is 30.3 Å². The first-order valence-corrected chi connectivity index (χ1v) is 7.27. The molecule has 0 amide bonds. The van der Waals surface area contributed by atoms with Gasteiger partial charge in [-0.3, -0.25) is 4.79 Å². The number of alkyl halides is 3. The summed E-state index contributed by atoms with van der Waals surface area (Å²) in [7, 11) is 1.36. The van der Waals surface area contributed by atoms with E-state index in [9.17, 15) is 18.0 Å². The molecular formula is C15H17F3N4O2. The first-order chi connectivity index (χ1) is 11.4. The van der Waals surface area contributed by atoms with Crippen LogP contribution in [-0.4, -0.2) is 34.5 Å². The van der Waals surface area contributed by atoms with Crippen molar-refractivity contribution < 1.29 is 17.9 Å². The number of hydrazine groups is 1. The highest BCUT2D eigenvalue weighted by atomic mass is 19.4. The lowest BCUT2D eigenvalue weighted by molar-refractivity contribution is -0.149. The summed E-state index contributed by atoms with van der Waals surface area (Å²) in [5, 5.41) is 7.31. The third-order valence-electron chi connectivity index (χ3n) is 3.24. The van der Waals surface area contributed by atoms with Gasteiger partial charge in [0, 0.05) is 17.7 Å². The summed E-state index contributed by atoms with van der Waals surface area (Å²) in [6.07, 6.45) is -0.287. The van der Waals surface area contributed by atoms with E-state index in [4.69, 9.17) is 4.74 Å². The highest BCUT2D eigenvalue weighted by Gasteiger charge is 2.45. The Morgan fingerprint density at radius 3 is 2.50 bits per heavy atom. The largest absolute Gasteiger partial charge is 0.481 e. The average Bonchev–Trinajstić information content (AvgIpc) is 3.02. The molecule has 24 heavy (non-hydrogen) atoms. The van der Waals surface area contributed by atoms with Gasteiger partial charge < -0.3 is 4.74 Å². The number of methoxy groups -OCH3 is 1. The van der Waals surface area contributed by atoms with Gasteiger partial charge in [-0.15, -0.1) is 0 Å². The van der Waals surface area contributed by atoms with Crippen LogP contribution in [0, 0.1) is 0 Å². The normalized spacial score (nSPS) is 19.5. The highest BCUT2D eigenvalue weighted by molar-refractivity contribution is 5.79. The predicted octanol–water partition coefficient (Wildman–Crippen LogP) is 2.32. The Morgan fingerprint density at radius 1 is 1.25 bits per heavy atom. The number of hydrogen-bond donors (Lipinski definition) is 2. The first kappa shape index (κ1) is 17.8. The fourth-order valence-electron chi connectivity index (χ4n) is 2.22. The van der Waals surface area contributed by atoms with E-state index < -0.39 is 17.8 Å². The van der Waals surface area contributed by atoms with Crippen molar-refractivity contribution >= 4 is 5.57 Å². The van der Waals surface area contributed by atoms with Crippen molar-refractivity contribution in [2.45, 2.75) is 26.1 Å². The number of aromatic nitrogens is 2. The van der Waals surface area contributed by atoms with Crippen LogP contribution in [0.4, 0.5) is 13.2 Å². The van der Waals surface area contributed by atoms with Gasteiger partial charge in [0.25, 0.3) is 5.56 Å². The first-order valence-electron chi connectivity index (χ1n) is 7.27. The second-order valence-corrected chi connectivity index (χ2v) is 4.63. The average molecular weight is 342 g/mol. The van der Waals surface area contributed by atoms with Crippen molar-refractivity contribution in [2.24, 2.45) is 0 Å². The Balaban J connectivity index is 0.00000100. The fraction of sp³-hybridized carbons (Fsp3) is 0.333. The molecule has 9 heteroatoms. The highest BCUT2D eigenvalue weighted by Crippen LogP contribution is 2.37. The molecule has 1 atom stereocenters. The Morgan fingerprint density at radius 2 is 1.96 bits per heavy atom. The van der Waals surface area contributed by atoms with Crippen molar-refractivity contribution in [1.82, 2.24) is 20.6 Å². The molecule has 0 aromatic carbocycles. The van der Waals surface area contributed by atoms with Crippen molar-refractivity contribution in [3.8, 4) is 0 Å². The van der Waals surface area contributed by atoms with E-state index in [-0.39, 0.29) is 11.6 Å². The zero-order chi connectivity index (χ0) is 17.9. The summed E-state index contributed by atoms with van der Waals surface area (Å²) in [5.41, 5.74) is 2.99. The zero-order valence-corrected chi connectivity index (χ0v) is 13.3. The van der Waals surface area contributed by atoms with Crippen LogP contribution in [0.25, 0.3) is 5.57 Å². The number of rotatable bonds is 2. The minimum atomic E-state index is -4.44. The van der Waals surface area contributed by atoms with Crippen LogP contribution in [-0.2, 0) is 4.74 Å². The molecule has 0 radical (unpaired) electrons. The molecule has 1 aromatic rings. The molecule has 3 rings (SSSR count). The standard InChI is InChI=1S/C13H11F3N4O2.C2H6/c1-22-12-5-2-7(8-3-4-11(21)18-17-8)9-6-10(13(14,15)16)19-20(9)12;1-2/h2-6,10,19H,1H3,(H,18,21);1-2H3. The summed E-state index contributed by atoms with van der Waals surface area (Å²) >= 11 is 0. The molecule has 0 saturated carbocycles. The van der Waals surface area contributed by atoms with Gasteiger partial charge in [0.2, 0.25) is 5.88 Å². The molecule has 2 N–H and O–H groups in total. The zero-order valence-electron chi connectivity index (χ0n) is 13.3. The van der Waals surface area contributed by atoms with Crippen molar-refractivity contribution in [1.29, 1.82) is 0 Å². The van der Waals surface area contributed by atoms with E-state index >= 15 is 0 Å². The predicted molar refractivity (Wildman–Crippen MR) is 82.2 cm³/mol. The minimum absolute atomic E-state index is 0.228. The molecule has 1 unspecified atom stereocenters. The number of nitrogens with one attached hydrogen (secondary N) is 2. The second kappa shape index (κ2) is 6.91. The molecule has 6 nitrogen and oxygen atoms in total. The molecule has 2 aliphatic heterocycles. The maximum absolute atomic E-state index is 12.9. The molecule has 1 aromatic heterocycles. The lowest BCUT2D eigenvalue weighted by Crippen LogP contribution is -2.44. The van der Waals surface area contributed by atoms with Crippen LogP contribution < -0.4 is 11.0 Å². The lowest BCUT2D eigenvalue weighted by atomic mass is 10.0. The monoisotopic (exact) mass is 342 g/mol. The summed E-state index contributed by atoms with van der Waals surface area (Å²) in [5.74, 6) is 0.228. The van der Waals surface area contributed by atoms with Gasteiger partial charge in [0.15, 0.2) is 0 Å². The molecule has 0 bridgehead atoms. The Kier molecular flexibility index (Phi) is 5.13. The quantitative estimate of drug-likeness (QED) is 0.863. The number of allylic oxidation sites excluding steroid dienone is 3. The maximum atomic E-state index is 12.9. The summed E-state index contributed by atoms with van der Waals surface area (Å²) in [4.78, 5) is 11.1. The minimum Gasteiger partial charge on any atom is -0.481 e. The fourth-order valence-corrected chi connectivity index (χ4v) is 2.22. The molecule has 130 valence electrons. The molecule has 0 spiro atoms. The number of nitrogens with zero attached hydrogens (tertiary/aromatic N) is 2. The molecule has 0 fully saturated rings. The third-order valence-corrected chi connectivity index (χ3v) is 3.24. The van der Waals surface area contributed by atoms with Gasteiger partial charge in [-0.1, -0.05) is 13.8 Å². The van der Waals surface area contributed by atoms with E-state index in [1.807, 2.05) is 13.8 Å². The van der Waals surface area contributed by atoms with E-state index in [0.717, 1.165) is 6.08 Å². The lowest BCUT2D eigenvalue weighted by Gasteiger charge is -2.28. The van der Waals surface area contributed by atoms with Gasteiger partial charge in [-0.25, -0.2) is 15.5 Å². The van der Waals surface area contributed by atoms with E-state index in [0.29, 0.717) is 11.3 Å². The summed E-state index contributed by atoms with van der Waals surface area (Å²) in [6, 6.07) is 0.869. The maximum Gasteiger partial charge on any atom is 0.409 e. The van der Waals surface area contributed by atoms with E-state index in [1.54, 1.807) is 6.08 Å². The van der Waals surface area contributed by atoms with Gasteiger partial charge >= 0.3 is 6.18 Å². The van der Waals surface area contributed by atoms with Gasteiger partial charge in [-0.05, 0) is 18.2 Å². The van der Waals surface area contributed by atoms with Crippen molar-refractivity contribution in [3.05, 3.63) is 58.0 Å². The Labute approximate surface area is 136 Å². The van der Waals surface area contributed by atoms with Crippen LogP contribution in [0.2, 0.25) is 0 Å². The molecule has 2 aliphatic rings. The number of fused-ring (bicyclic) bond motifs is 1. The van der Waals surface area contributed by atoms with Crippen LogP contribution in [0.5, 0.6) is 0 Å². The number of aromatic amines is 1. The third kappa shape index (κ3) is 3.35. The topological polar surface area (TPSA) is 70.2 Å². The summed E-state index contributed by atoms with van der Waals surface area (Å²) < 4.78 is 43.9. The number of halogens is 3. The van der Waals surface area contributed by atoms with Gasteiger partial charge in [-0.2, -0.15) is 18.3 Å². The second-order valence-electron chi connectivity index (χ2n) is 4.63. The smallest absolute Gasteiger partial charge is 0.409 e. The Bertz CT molecular complexity index is 729. The molecular weight excluding hydrogens is 325 g/mol. The van der Waals surface area contributed by atoms with E-state index in [2.05, 4.69) is 15.6 Å². The summed E-state index contributed by atoms with van der Waals surface area (Å²) in [6.45, 7) is 4.00. The molecule has 3 heterocycles. The van der Waals surface area contributed by atoms with Gasteiger partial charge in [0.1, 0.15) is 6.04 Å². The van der Waals surface area contributed by atoms with Crippen LogP contribution in [0.3, 0.4) is 0 Å². The van der Waals surface area contributed by atoms with Crippen LogP contribution in [0.15, 0.2) is 46.7 Å². The number of hydrogen-bond acceptors (Lipinski definition) is 5. The van der Waals surface area contributed by atoms with Crippen LogP contribution in [0.1, 0.15) is 19.5 Å². The van der Waals surface area contributed by atoms with Crippen LogP contribution >= 0.6 is 0 Å². The molecule has 0 aliphatic carbocycles. The van der Waals surface area contributed by atoms with Gasteiger partial charge in [0.05, 0.1) is 18.5 Å². The van der Waals surface area contributed by atoms with Crippen molar-refractivity contribution in [3.63, 3.8) is 0 Å². The number of H-pyrrole nitrogens is 1. The van der Waals surface area contributed by atoms with Crippen molar-refractivity contribution in [2.75, 3.05) is 7.11 Å². The molecule has 0 saturated heterocycles.